The van der Waals surface area contributed by atoms with Gasteiger partial charge in [-0.2, -0.15) is 9.97 Å². The summed E-state index contributed by atoms with van der Waals surface area (Å²) < 4.78 is 0. The van der Waals surface area contributed by atoms with E-state index in [9.17, 15) is 24.3 Å². The summed E-state index contributed by atoms with van der Waals surface area (Å²) in [5.74, 6) is -3.18. The van der Waals surface area contributed by atoms with Gasteiger partial charge in [0.25, 0.3) is 5.91 Å². The molecule has 224 valence electrons. The fourth-order valence-corrected chi connectivity index (χ4v) is 3.96. The topological polar surface area (TPSA) is 266 Å². The van der Waals surface area contributed by atoms with E-state index in [-0.39, 0.29) is 48.1 Å². The molecule has 2 aromatic heterocycles. The van der Waals surface area contributed by atoms with E-state index in [0.29, 0.717) is 37.1 Å². The number of nitrogens with two attached hydrogens (primary N) is 3. The Morgan fingerprint density at radius 2 is 1.69 bits per heavy atom. The number of amides is 2. The molecule has 2 amide bonds. The first-order chi connectivity index (χ1) is 19.9. The minimum absolute atomic E-state index is 0.00745. The van der Waals surface area contributed by atoms with Crippen molar-refractivity contribution >= 4 is 52.4 Å². The first-order valence-electron chi connectivity index (χ1n) is 13.1. The van der Waals surface area contributed by atoms with Crippen molar-refractivity contribution < 1.29 is 29.4 Å². The van der Waals surface area contributed by atoms with Crippen LogP contribution in [0.2, 0.25) is 0 Å². The summed E-state index contributed by atoms with van der Waals surface area (Å²) in [6.45, 7) is 0.665. The Hall–Kier alpha value is -5.12. The van der Waals surface area contributed by atoms with Crippen LogP contribution < -0.4 is 32.7 Å². The van der Waals surface area contributed by atoms with Gasteiger partial charge in [-0.1, -0.05) is 0 Å². The van der Waals surface area contributed by atoms with Gasteiger partial charge in [-0.3, -0.25) is 14.4 Å². The summed E-state index contributed by atoms with van der Waals surface area (Å²) >= 11 is 0. The maximum Gasteiger partial charge on any atom is 0.326 e. The van der Waals surface area contributed by atoms with Crippen molar-refractivity contribution in [3.63, 3.8) is 0 Å². The number of fused-ring (bicyclic) bond motifs is 1. The fraction of sp³-hybridized carbons (Fsp3) is 0.385. The molecule has 2 atom stereocenters. The van der Waals surface area contributed by atoms with Crippen LogP contribution in [-0.4, -0.2) is 79.6 Å². The molecule has 0 saturated heterocycles. The van der Waals surface area contributed by atoms with E-state index in [2.05, 4.69) is 30.6 Å². The summed E-state index contributed by atoms with van der Waals surface area (Å²) in [5, 5.41) is 23.4. The number of carbonyl (C=O) groups is 4. The van der Waals surface area contributed by atoms with Gasteiger partial charge < -0.3 is 42.9 Å². The van der Waals surface area contributed by atoms with Crippen molar-refractivity contribution in [1.82, 2.24) is 30.6 Å². The van der Waals surface area contributed by atoms with Crippen LogP contribution >= 0.6 is 0 Å². The van der Waals surface area contributed by atoms with E-state index >= 15 is 0 Å². The molecule has 16 heteroatoms. The third kappa shape index (κ3) is 8.95. The molecule has 0 aliphatic rings. The standard InChI is InChI=1S/C26H34N10O6/c1-36(13-15-12-31-22-20(32-15)21(28)34-26(29)35-22)16-7-5-14(6-8-16)23(38)33-18(25(41)42)9-10-19(37)30-11-3-2-4-17(27)24(39)40/h5-8,12,17-18H,2-4,9-11,13,27H2,1H3,(H,30,37)(H,33,38)(H,39,40)(H,41,42)(H4,28,29,31,34,35)/t17-,18+/m0/s1. The highest BCUT2D eigenvalue weighted by atomic mass is 16.4. The lowest BCUT2D eigenvalue weighted by atomic mass is 10.1. The first kappa shape index (κ1) is 31.4. The zero-order valence-electron chi connectivity index (χ0n) is 23.0. The molecule has 0 spiro atoms. The molecule has 10 N–H and O–H groups in total. The lowest BCUT2D eigenvalue weighted by Crippen LogP contribution is -2.41. The Balaban J connectivity index is 1.49. The number of carboxylic acid groups (broad SMARTS) is 2. The summed E-state index contributed by atoms with van der Waals surface area (Å²) in [6, 6.07) is 4.31. The molecule has 42 heavy (non-hydrogen) atoms. The second-order valence-corrected chi connectivity index (χ2v) is 9.60. The predicted octanol–water partition coefficient (Wildman–Crippen LogP) is -0.118. The number of hydrogen-bond donors (Lipinski definition) is 7. The molecule has 2 heterocycles. The number of aromatic nitrogens is 4. The van der Waals surface area contributed by atoms with E-state index in [1.54, 1.807) is 30.5 Å². The number of rotatable bonds is 15. The van der Waals surface area contributed by atoms with Gasteiger partial charge in [-0.05, 0) is 49.9 Å². The van der Waals surface area contributed by atoms with Gasteiger partial charge in [0.15, 0.2) is 17.0 Å². The smallest absolute Gasteiger partial charge is 0.326 e. The van der Waals surface area contributed by atoms with E-state index in [0.717, 1.165) is 5.69 Å². The lowest BCUT2D eigenvalue weighted by molar-refractivity contribution is -0.140. The predicted molar refractivity (Wildman–Crippen MR) is 153 cm³/mol. The number of anilines is 3. The van der Waals surface area contributed by atoms with Gasteiger partial charge in [0, 0.05) is 31.3 Å². The van der Waals surface area contributed by atoms with Gasteiger partial charge in [0.05, 0.1) is 18.4 Å². The molecule has 0 saturated carbocycles. The van der Waals surface area contributed by atoms with Crippen LogP contribution in [0.5, 0.6) is 0 Å². The third-order valence-corrected chi connectivity index (χ3v) is 6.32. The molecule has 0 fully saturated rings. The zero-order chi connectivity index (χ0) is 30.8. The molecule has 0 aliphatic carbocycles. The Kier molecular flexibility index (Phi) is 10.8. The summed E-state index contributed by atoms with van der Waals surface area (Å²) in [4.78, 5) is 65.7. The summed E-state index contributed by atoms with van der Waals surface area (Å²) in [5.41, 5.74) is 19.1. The number of hydrogen-bond acceptors (Lipinski definition) is 12. The van der Waals surface area contributed by atoms with Crippen LogP contribution in [0.1, 0.15) is 48.2 Å². The van der Waals surface area contributed by atoms with Gasteiger partial charge in [0.1, 0.15) is 12.1 Å². The number of carbonyl (C=O) groups excluding carboxylic acids is 2. The molecule has 0 bridgehead atoms. The number of unbranched alkanes of at least 4 members (excludes halogenated alkanes) is 1. The van der Waals surface area contributed by atoms with Crippen molar-refractivity contribution in [2.75, 3.05) is 30.0 Å². The van der Waals surface area contributed by atoms with Gasteiger partial charge in [0.2, 0.25) is 11.9 Å². The van der Waals surface area contributed by atoms with Crippen molar-refractivity contribution in [3.05, 3.63) is 41.7 Å². The number of benzene rings is 1. The highest BCUT2D eigenvalue weighted by Gasteiger charge is 2.22. The molecule has 16 nitrogen and oxygen atoms in total. The van der Waals surface area contributed by atoms with E-state index in [1.165, 1.54) is 0 Å². The van der Waals surface area contributed by atoms with Crippen LogP contribution in [0, 0.1) is 0 Å². The number of nitrogen functional groups attached to an aromatic ring is 2. The van der Waals surface area contributed by atoms with E-state index in [1.807, 2.05) is 11.9 Å². The first-order valence-corrected chi connectivity index (χ1v) is 13.1. The largest absolute Gasteiger partial charge is 0.480 e. The maximum atomic E-state index is 12.7. The zero-order valence-corrected chi connectivity index (χ0v) is 23.0. The van der Waals surface area contributed by atoms with Crippen molar-refractivity contribution in [2.24, 2.45) is 5.73 Å². The Labute approximate surface area is 240 Å². The average Bonchev–Trinajstić information content (AvgIpc) is 2.94. The van der Waals surface area contributed by atoms with Crippen LogP contribution in [-0.2, 0) is 20.9 Å². The van der Waals surface area contributed by atoms with Crippen LogP contribution in [0.15, 0.2) is 30.5 Å². The molecule has 1 aromatic carbocycles. The summed E-state index contributed by atoms with van der Waals surface area (Å²) in [6.07, 6.45) is 2.68. The fourth-order valence-electron chi connectivity index (χ4n) is 3.96. The molecule has 3 aromatic rings. The molecular weight excluding hydrogens is 548 g/mol. The van der Waals surface area contributed by atoms with Crippen molar-refractivity contribution in [3.8, 4) is 0 Å². The van der Waals surface area contributed by atoms with Crippen LogP contribution in [0.3, 0.4) is 0 Å². The molecule has 0 aliphatic heterocycles. The number of nitrogens with zero attached hydrogens (tertiary/aromatic N) is 5. The quantitative estimate of drug-likeness (QED) is 0.115. The van der Waals surface area contributed by atoms with Crippen LogP contribution in [0.4, 0.5) is 17.5 Å². The second-order valence-electron chi connectivity index (χ2n) is 9.60. The number of nitrogens with one attached hydrogen (secondary N) is 2. The molecular formula is C26H34N10O6. The van der Waals surface area contributed by atoms with Crippen LogP contribution in [0.25, 0.3) is 11.2 Å². The van der Waals surface area contributed by atoms with E-state index in [4.69, 9.17) is 22.3 Å². The van der Waals surface area contributed by atoms with Gasteiger partial charge in [-0.25, -0.2) is 14.8 Å². The van der Waals surface area contributed by atoms with Crippen molar-refractivity contribution in [1.29, 1.82) is 0 Å². The Morgan fingerprint density at radius 1 is 0.976 bits per heavy atom. The number of carboxylic acids is 2. The Bertz CT molecular complexity index is 1440. The molecule has 3 rings (SSSR count). The van der Waals surface area contributed by atoms with Gasteiger partial charge >= 0.3 is 11.9 Å². The lowest BCUT2D eigenvalue weighted by Gasteiger charge is -2.19. The monoisotopic (exact) mass is 582 g/mol. The summed E-state index contributed by atoms with van der Waals surface area (Å²) in [7, 11) is 1.82. The SMILES string of the molecule is CN(Cc1cnc2nc(N)nc(N)c2n1)c1ccc(C(=O)N[C@H](CCC(=O)NCCCC[C@H](N)C(=O)O)C(=O)O)cc1. The number of aliphatic carboxylic acids is 2. The molecule has 0 unspecified atom stereocenters. The minimum Gasteiger partial charge on any atom is -0.480 e. The second kappa shape index (κ2) is 14.5. The average molecular weight is 583 g/mol. The van der Waals surface area contributed by atoms with E-state index < -0.39 is 29.9 Å². The third-order valence-electron chi connectivity index (χ3n) is 6.32. The molecule has 0 radical (unpaired) electrons. The normalized spacial score (nSPS) is 12.3. The highest BCUT2D eigenvalue weighted by molar-refractivity contribution is 5.97. The highest BCUT2D eigenvalue weighted by Crippen LogP contribution is 2.19. The maximum absolute atomic E-state index is 12.7. The van der Waals surface area contributed by atoms with Crippen molar-refractivity contribution in [2.45, 2.75) is 50.7 Å². The van der Waals surface area contributed by atoms with Gasteiger partial charge in [-0.15, -0.1) is 0 Å². The Morgan fingerprint density at radius 3 is 2.36 bits per heavy atom. The minimum atomic E-state index is -1.27.